The Bertz CT molecular complexity index is 471. The molecule has 0 aromatic carbocycles. The summed E-state index contributed by atoms with van der Waals surface area (Å²) in [6.45, 7) is 12.1. The highest BCUT2D eigenvalue weighted by atomic mass is 32.2. The lowest BCUT2D eigenvalue weighted by atomic mass is 9.85. The average Bonchev–Trinajstić information content (AvgIpc) is 2.43. The van der Waals surface area contributed by atoms with Crippen LogP contribution in [0, 0.1) is 12.8 Å². The Morgan fingerprint density at radius 3 is 2.67 bits per heavy atom. The maximum atomic E-state index is 4.82. The van der Waals surface area contributed by atoms with Crippen LogP contribution < -0.4 is 5.32 Å². The van der Waals surface area contributed by atoms with Gasteiger partial charge in [-0.05, 0) is 49.5 Å². The number of hydrogen-bond acceptors (Lipinski definition) is 4. The molecule has 1 unspecified atom stereocenters. The molecule has 1 aromatic rings. The van der Waals surface area contributed by atoms with Gasteiger partial charge in [-0.1, -0.05) is 27.7 Å². The van der Waals surface area contributed by atoms with Gasteiger partial charge in [-0.2, -0.15) is 11.8 Å². The van der Waals surface area contributed by atoms with Crippen molar-refractivity contribution in [2.45, 2.75) is 70.9 Å². The fourth-order valence-corrected chi connectivity index (χ4v) is 3.42. The third-order valence-corrected chi connectivity index (χ3v) is 5.08. The van der Waals surface area contributed by atoms with Crippen LogP contribution in [-0.2, 0) is 18.6 Å². The molecule has 0 amide bonds. The Hall–Kier alpha value is -0.610. The predicted octanol–water partition coefficient (Wildman–Crippen LogP) is 3.53. The number of hydrogen-bond donors (Lipinski definition) is 1. The summed E-state index contributed by atoms with van der Waals surface area (Å²) in [6, 6.07) is 0.569. The zero-order chi connectivity index (χ0) is 15.4. The molecule has 1 heterocycles. The molecule has 3 nitrogen and oxygen atoms in total. The summed E-state index contributed by atoms with van der Waals surface area (Å²) in [7, 11) is 0. The van der Waals surface area contributed by atoms with Crippen molar-refractivity contribution < 1.29 is 0 Å². The van der Waals surface area contributed by atoms with Gasteiger partial charge in [0.05, 0.1) is 5.75 Å². The molecule has 21 heavy (non-hydrogen) atoms. The van der Waals surface area contributed by atoms with Gasteiger partial charge in [-0.25, -0.2) is 9.97 Å². The van der Waals surface area contributed by atoms with Crippen molar-refractivity contribution in [1.82, 2.24) is 15.3 Å². The highest BCUT2D eigenvalue weighted by Gasteiger charge is 2.22. The molecule has 0 aliphatic heterocycles. The number of fused-ring (bicyclic) bond motifs is 1. The minimum absolute atomic E-state index is 0.569. The summed E-state index contributed by atoms with van der Waals surface area (Å²) in [5.74, 6) is 2.69. The maximum Gasteiger partial charge on any atom is 0.138 e. The quantitative estimate of drug-likeness (QED) is 0.872. The lowest BCUT2D eigenvalue weighted by molar-refractivity contribution is 0.401. The minimum atomic E-state index is 0.569. The van der Waals surface area contributed by atoms with Crippen molar-refractivity contribution >= 4 is 11.8 Å². The van der Waals surface area contributed by atoms with E-state index in [1.807, 2.05) is 11.8 Å². The Morgan fingerprint density at radius 1 is 1.24 bits per heavy atom. The molecule has 0 fully saturated rings. The molecule has 1 aromatic heterocycles. The normalized spacial score (nSPS) is 18.3. The number of aromatic nitrogens is 2. The van der Waals surface area contributed by atoms with E-state index in [0.29, 0.717) is 11.3 Å². The van der Waals surface area contributed by atoms with Crippen LogP contribution in [0.2, 0.25) is 0 Å². The van der Waals surface area contributed by atoms with E-state index in [-0.39, 0.29) is 0 Å². The van der Waals surface area contributed by atoms with Crippen molar-refractivity contribution in [2.75, 3.05) is 6.54 Å². The van der Waals surface area contributed by atoms with Crippen LogP contribution in [0.25, 0.3) is 0 Å². The van der Waals surface area contributed by atoms with E-state index >= 15 is 0 Å². The molecule has 1 N–H and O–H groups in total. The first-order valence-electron chi connectivity index (χ1n) is 8.16. The standard InChI is InChI=1S/C17H29N3S/c1-11(2)18-9-14-6-7-16-15(8-14)13(5)19-17(20-16)10-21-12(3)4/h11-12,14,18H,6-10H2,1-5H3. The van der Waals surface area contributed by atoms with Gasteiger partial charge in [0, 0.05) is 17.4 Å². The van der Waals surface area contributed by atoms with Gasteiger partial charge in [0.25, 0.3) is 0 Å². The number of nitrogens with one attached hydrogen (secondary N) is 1. The summed E-state index contributed by atoms with van der Waals surface area (Å²) in [5, 5.41) is 4.20. The predicted molar refractivity (Wildman–Crippen MR) is 91.9 cm³/mol. The Balaban J connectivity index is 2.04. The lowest BCUT2D eigenvalue weighted by Gasteiger charge is -2.26. The molecular weight excluding hydrogens is 278 g/mol. The summed E-state index contributed by atoms with van der Waals surface area (Å²) in [6.07, 6.45) is 3.50. The highest BCUT2D eigenvalue weighted by molar-refractivity contribution is 7.99. The van der Waals surface area contributed by atoms with E-state index in [2.05, 4.69) is 39.9 Å². The van der Waals surface area contributed by atoms with E-state index in [1.54, 1.807) is 0 Å². The first kappa shape index (κ1) is 16.8. The summed E-state index contributed by atoms with van der Waals surface area (Å²) in [5.41, 5.74) is 3.92. The van der Waals surface area contributed by atoms with Gasteiger partial charge in [-0.15, -0.1) is 0 Å². The van der Waals surface area contributed by atoms with Gasteiger partial charge in [0.2, 0.25) is 0 Å². The number of nitrogens with zero attached hydrogens (tertiary/aromatic N) is 2. The van der Waals surface area contributed by atoms with Crippen molar-refractivity contribution in [3.8, 4) is 0 Å². The average molecular weight is 308 g/mol. The van der Waals surface area contributed by atoms with Crippen LogP contribution in [0.5, 0.6) is 0 Å². The Labute approximate surface area is 133 Å². The van der Waals surface area contributed by atoms with E-state index < -0.39 is 0 Å². The molecule has 0 radical (unpaired) electrons. The molecule has 0 saturated heterocycles. The summed E-state index contributed by atoms with van der Waals surface area (Å²) in [4.78, 5) is 9.56. The second-order valence-electron chi connectivity index (χ2n) is 6.68. The number of thioether (sulfide) groups is 1. The molecule has 1 atom stereocenters. The molecule has 1 aliphatic carbocycles. The van der Waals surface area contributed by atoms with E-state index in [0.717, 1.165) is 36.9 Å². The van der Waals surface area contributed by atoms with Crippen LogP contribution >= 0.6 is 11.8 Å². The van der Waals surface area contributed by atoms with E-state index in [4.69, 9.17) is 9.97 Å². The second-order valence-corrected chi connectivity index (χ2v) is 8.25. The molecule has 0 bridgehead atoms. The largest absolute Gasteiger partial charge is 0.314 e. The molecule has 118 valence electrons. The molecule has 1 aliphatic rings. The topological polar surface area (TPSA) is 37.8 Å². The van der Waals surface area contributed by atoms with Crippen LogP contribution in [0.15, 0.2) is 0 Å². The molecule has 0 spiro atoms. The Morgan fingerprint density at radius 2 is 2.00 bits per heavy atom. The van der Waals surface area contributed by atoms with Gasteiger partial charge in [0.15, 0.2) is 0 Å². The number of rotatable bonds is 6. The first-order valence-corrected chi connectivity index (χ1v) is 9.20. The van der Waals surface area contributed by atoms with E-state index in [9.17, 15) is 0 Å². The van der Waals surface area contributed by atoms with Crippen molar-refractivity contribution in [2.24, 2.45) is 5.92 Å². The monoisotopic (exact) mass is 307 g/mol. The van der Waals surface area contributed by atoms with Gasteiger partial charge in [0.1, 0.15) is 5.82 Å². The highest BCUT2D eigenvalue weighted by Crippen LogP contribution is 2.27. The SMILES string of the molecule is Cc1nc(CSC(C)C)nc2c1CC(CNC(C)C)CC2. The van der Waals surface area contributed by atoms with Crippen LogP contribution in [0.3, 0.4) is 0 Å². The first-order chi connectivity index (χ1) is 9.95. The number of aryl methyl sites for hydroxylation is 2. The van der Waals surface area contributed by atoms with Crippen LogP contribution in [0.4, 0.5) is 0 Å². The summed E-state index contributed by atoms with van der Waals surface area (Å²) < 4.78 is 0. The molecule has 0 saturated carbocycles. The molecule has 2 rings (SSSR count). The fraction of sp³-hybridized carbons (Fsp3) is 0.765. The van der Waals surface area contributed by atoms with Crippen LogP contribution in [-0.4, -0.2) is 27.8 Å². The van der Waals surface area contributed by atoms with Crippen molar-refractivity contribution in [3.63, 3.8) is 0 Å². The maximum absolute atomic E-state index is 4.82. The fourth-order valence-electron chi connectivity index (χ4n) is 2.80. The lowest BCUT2D eigenvalue weighted by Crippen LogP contribution is -2.32. The zero-order valence-electron chi connectivity index (χ0n) is 14.1. The zero-order valence-corrected chi connectivity index (χ0v) is 14.9. The molecular formula is C17H29N3S. The smallest absolute Gasteiger partial charge is 0.138 e. The van der Waals surface area contributed by atoms with Gasteiger partial charge >= 0.3 is 0 Å². The third kappa shape index (κ3) is 4.96. The molecule has 4 heteroatoms. The minimum Gasteiger partial charge on any atom is -0.314 e. The van der Waals surface area contributed by atoms with Crippen molar-refractivity contribution in [1.29, 1.82) is 0 Å². The van der Waals surface area contributed by atoms with E-state index in [1.165, 1.54) is 23.4 Å². The van der Waals surface area contributed by atoms with Gasteiger partial charge < -0.3 is 5.32 Å². The summed E-state index contributed by atoms with van der Waals surface area (Å²) >= 11 is 1.92. The van der Waals surface area contributed by atoms with Gasteiger partial charge in [-0.3, -0.25) is 0 Å². The van der Waals surface area contributed by atoms with Crippen LogP contribution in [0.1, 0.15) is 56.9 Å². The third-order valence-electron chi connectivity index (χ3n) is 3.99. The van der Waals surface area contributed by atoms with Crippen molar-refractivity contribution in [3.05, 3.63) is 22.8 Å². The second kappa shape index (κ2) is 7.59. The Kier molecular flexibility index (Phi) is 6.06.